The summed E-state index contributed by atoms with van der Waals surface area (Å²) in [5.74, 6) is -3.84. The zero-order chi connectivity index (χ0) is 16.2. The quantitative estimate of drug-likeness (QED) is 0.649. The van der Waals surface area contributed by atoms with Crippen molar-refractivity contribution < 1.29 is 32.8 Å². The minimum Gasteiger partial charge on any atom is -0.481 e. The molecule has 0 radical (unpaired) electrons. The number of carboxylic acids is 1. The van der Waals surface area contributed by atoms with Crippen LogP contribution in [0.15, 0.2) is 18.5 Å². The second-order valence-electron chi connectivity index (χ2n) is 3.72. The first kappa shape index (κ1) is 16.3. The molecule has 1 rings (SSSR count). The summed E-state index contributed by atoms with van der Waals surface area (Å²) in [4.78, 5) is 34.9. The number of pyridine rings is 1. The summed E-state index contributed by atoms with van der Waals surface area (Å²) < 4.78 is 37.6. The summed E-state index contributed by atoms with van der Waals surface area (Å²) in [6.07, 6.45) is -4.47. The largest absolute Gasteiger partial charge is 0.481 e. The van der Waals surface area contributed by atoms with E-state index in [4.69, 9.17) is 5.11 Å². The van der Waals surface area contributed by atoms with Crippen LogP contribution >= 0.6 is 0 Å². The maximum atomic E-state index is 12.5. The molecule has 114 valence electrons. The summed E-state index contributed by atoms with van der Waals surface area (Å²) in [5.41, 5.74) is -1.50. The zero-order valence-corrected chi connectivity index (χ0v) is 10.2. The lowest BCUT2D eigenvalue weighted by atomic mass is 10.2. The number of carbonyl (C=O) groups excluding carboxylic acids is 1. The highest BCUT2D eigenvalue weighted by Crippen LogP contribution is 2.30. The molecule has 1 heterocycles. The number of alkyl halides is 3. The number of hydrogen-bond donors (Lipinski definition) is 1. The van der Waals surface area contributed by atoms with Crippen LogP contribution in [0.4, 0.5) is 24.5 Å². The van der Waals surface area contributed by atoms with Crippen molar-refractivity contribution in [3.8, 4) is 0 Å². The highest BCUT2D eigenvalue weighted by atomic mass is 19.4. The summed E-state index contributed by atoms with van der Waals surface area (Å²) in [5, 5.41) is 19.3. The predicted octanol–water partition coefficient (Wildman–Crippen LogP) is 1.36. The van der Waals surface area contributed by atoms with Gasteiger partial charge in [-0.25, -0.2) is 0 Å². The molecule has 1 aromatic rings. The highest BCUT2D eigenvalue weighted by Gasteiger charge is 2.44. The number of nitrogens with zero attached hydrogens (tertiary/aromatic N) is 3. The molecule has 1 N–H and O–H groups in total. The monoisotopic (exact) mass is 307 g/mol. The number of aliphatic carboxylic acids is 1. The molecule has 0 aliphatic rings. The van der Waals surface area contributed by atoms with Gasteiger partial charge in [-0.15, -0.1) is 0 Å². The van der Waals surface area contributed by atoms with E-state index >= 15 is 0 Å². The van der Waals surface area contributed by atoms with Crippen LogP contribution in [0.5, 0.6) is 0 Å². The van der Waals surface area contributed by atoms with Gasteiger partial charge in [-0.1, -0.05) is 0 Å². The lowest BCUT2D eigenvalue weighted by Gasteiger charge is -2.22. The van der Waals surface area contributed by atoms with Crippen molar-refractivity contribution in [1.29, 1.82) is 0 Å². The Kier molecular flexibility index (Phi) is 4.79. The van der Waals surface area contributed by atoms with Crippen molar-refractivity contribution in [3.63, 3.8) is 0 Å². The minimum absolute atomic E-state index is 0.00787. The third-order valence-electron chi connectivity index (χ3n) is 2.30. The number of halogens is 3. The number of aromatic nitrogens is 1. The van der Waals surface area contributed by atoms with Crippen LogP contribution in [0.1, 0.15) is 6.42 Å². The van der Waals surface area contributed by atoms with E-state index in [0.717, 1.165) is 12.3 Å². The van der Waals surface area contributed by atoms with Crippen molar-refractivity contribution in [2.45, 2.75) is 12.6 Å². The molecule has 21 heavy (non-hydrogen) atoms. The van der Waals surface area contributed by atoms with Crippen molar-refractivity contribution in [2.24, 2.45) is 0 Å². The zero-order valence-electron chi connectivity index (χ0n) is 10.2. The summed E-state index contributed by atoms with van der Waals surface area (Å²) in [7, 11) is 0. The molecule has 1 amide bonds. The van der Waals surface area contributed by atoms with Gasteiger partial charge in [0.15, 0.2) is 0 Å². The molecule has 0 atom stereocenters. The Bertz CT molecular complexity index is 575. The van der Waals surface area contributed by atoms with Crippen LogP contribution in [0, 0.1) is 10.1 Å². The normalized spacial score (nSPS) is 11.0. The molecular formula is C10H8F3N3O5. The fourth-order valence-electron chi connectivity index (χ4n) is 1.44. The fourth-order valence-corrected chi connectivity index (χ4v) is 1.44. The molecule has 0 unspecified atom stereocenters. The Hall–Kier alpha value is -2.72. The van der Waals surface area contributed by atoms with E-state index in [1.165, 1.54) is 0 Å². The third-order valence-corrected chi connectivity index (χ3v) is 2.30. The van der Waals surface area contributed by atoms with Crippen molar-refractivity contribution in [3.05, 3.63) is 28.6 Å². The maximum absolute atomic E-state index is 12.5. The Morgan fingerprint density at radius 2 is 2.05 bits per heavy atom. The van der Waals surface area contributed by atoms with Gasteiger partial charge in [0.25, 0.3) is 0 Å². The standard InChI is InChI=1S/C10H8F3N3O5/c11-10(12,13)9(19)15(4-2-8(17)18)6-1-3-14-5-7(6)16(20)21/h1,3,5H,2,4H2,(H,17,18). The van der Waals surface area contributed by atoms with Gasteiger partial charge in [0, 0.05) is 12.7 Å². The van der Waals surface area contributed by atoms with Crippen molar-refractivity contribution >= 4 is 23.3 Å². The number of nitro groups is 1. The predicted molar refractivity (Wildman–Crippen MR) is 61.6 cm³/mol. The van der Waals surface area contributed by atoms with Gasteiger partial charge in [0.1, 0.15) is 11.9 Å². The van der Waals surface area contributed by atoms with Gasteiger partial charge in [-0.3, -0.25) is 29.6 Å². The molecule has 1 aromatic heterocycles. The van der Waals surface area contributed by atoms with Crippen molar-refractivity contribution in [1.82, 2.24) is 4.98 Å². The van der Waals surface area contributed by atoms with Gasteiger partial charge in [-0.2, -0.15) is 13.2 Å². The Morgan fingerprint density at radius 3 is 2.52 bits per heavy atom. The topological polar surface area (TPSA) is 114 Å². The lowest BCUT2D eigenvalue weighted by molar-refractivity contribution is -0.384. The average molecular weight is 307 g/mol. The van der Waals surface area contributed by atoms with Crippen LogP contribution in [0.3, 0.4) is 0 Å². The van der Waals surface area contributed by atoms with Crippen LogP contribution in [-0.4, -0.2) is 39.6 Å². The first-order chi connectivity index (χ1) is 9.64. The number of anilines is 1. The SMILES string of the molecule is O=C(O)CCN(C(=O)C(F)(F)F)c1ccncc1[N+](=O)[O-]. The first-order valence-electron chi connectivity index (χ1n) is 5.33. The van der Waals surface area contributed by atoms with Gasteiger partial charge < -0.3 is 5.11 Å². The molecule has 0 saturated heterocycles. The summed E-state index contributed by atoms with van der Waals surface area (Å²) in [6.45, 7) is -0.863. The Morgan fingerprint density at radius 1 is 1.43 bits per heavy atom. The number of amides is 1. The lowest BCUT2D eigenvalue weighted by Crippen LogP contribution is -2.42. The maximum Gasteiger partial charge on any atom is 0.471 e. The Balaban J connectivity index is 3.27. The van der Waals surface area contributed by atoms with E-state index in [0.29, 0.717) is 6.20 Å². The molecule has 0 aliphatic carbocycles. The summed E-state index contributed by atoms with van der Waals surface area (Å²) in [6, 6.07) is 0.837. The highest BCUT2D eigenvalue weighted by molar-refractivity contribution is 5.99. The van der Waals surface area contributed by atoms with Gasteiger partial charge in [0.05, 0.1) is 11.3 Å². The van der Waals surface area contributed by atoms with Gasteiger partial charge in [-0.05, 0) is 6.07 Å². The first-order valence-corrected chi connectivity index (χ1v) is 5.33. The molecule has 8 nitrogen and oxygen atoms in total. The summed E-state index contributed by atoms with van der Waals surface area (Å²) >= 11 is 0. The van der Waals surface area contributed by atoms with E-state index < -0.39 is 47.3 Å². The number of carbonyl (C=O) groups is 2. The van der Waals surface area contributed by atoms with Gasteiger partial charge in [0.2, 0.25) is 0 Å². The Labute approximate surface area is 115 Å². The molecule has 0 aromatic carbocycles. The molecule has 0 aliphatic heterocycles. The van der Waals surface area contributed by atoms with Crippen LogP contribution < -0.4 is 4.90 Å². The van der Waals surface area contributed by atoms with Crippen LogP contribution in [-0.2, 0) is 9.59 Å². The van der Waals surface area contributed by atoms with E-state index in [-0.39, 0.29) is 4.90 Å². The molecule has 0 bridgehead atoms. The van der Waals surface area contributed by atoms with E-state index in [9.17, 15) is 32.9 Å². The molecule has 0 fully saturated rings. The average Bonchev–Trinajstić information content (AvgIpc) is 2.37. The second-order valence-corrected chi connectivity index (χ2v) is 3.72. The smallest absolute Gasteiger partial charge is 0.471 e. The van der Waals surface area contributed by atoms with E-state index in [1.807, 2.05) is 0 Å². The minimum atomic E-state index is -5.30. The molecule has 11 heteroatoms. The number of carboxylic acid groups (broad SMARTS) is 1. The molecular weight excluding hydrogens is 299 g/mol. The van der Waals surface area contributed by atoms with E-state index in [1.54, 1.807) is 0 Å². The second kappa shape index (κ2) is 6.15. The van der Waals surface area contributed by atoms with E-state index in [2.05, 4.69) is 4.98 Å². The third kappa shape index (κ3) is 4.12. The molecule has 0 saturated carbocycles. The van der Waals surface area contributed by atoms with Crippen molar-refractivity contribution in [2.75, 3.05) is 11.4 Å². The fraction of sp³-hybridized carbons (Fsp3) is 0.300. The number of rotatable bonds is 5. The van der Waals surface area contributed by atoms with Crippen LogP contribution in [0.2, 0.25) is 0 Å². The number of hydrogen-bond acceptors (Lipinski definition) is 5. The van der Waals surface area contributed by atoms with Gasteiger partial charge >= 0.3 is 23.7 Å². The molecule has 0 spiro atoms. The van der Waals surface area contributed by atoms with Crippen LogP contribution in [0.25, 0.3) is 0 Å².